The average molecular weight is 504 g/mol. The molecule has 1 atom stereocenters. The number of carbonyl (C=O) groups is 1. The first-order chi connectivity index (χ1) is 16.2. The summed E-state index contributed by atoms with van der Waals surface area (Å²) in [6, 6.07) is 15.7. The van der Waals surface area contributed by atoms with Crippen molar-refractivity contribution in [2.24, 2.45) is 0 Å². The number of nitrogens with zero attached hydrogens (tertiary/aromatic N) is 1. The predicted octanol–water partition coefficient (Wildman–Crippen LogP) is 4.69. The van der Waals surface area contributed by atoms with Crippen molar-refractivity contribution in [1.29, 1.82) is 0 Å². The Bertz CT molecular complexity index is 1330. The number of aromatic hydroxyl groups is 1. The molecule has 1 saturated heterocycles. The van der Waals surface area contributed by atoms with Crippen molar-refractivity contribution in [2.45, 2.75) is 23.2 Å². The Morgan fingerprint density at radius 2 is 1.88 bits per heavy atom. The maximum Gasteiger partial charge on any atom is 0.254 e. The highest BCUT2D eigenvalue weighted by atomic mass is 35.5. The van der Waals surface area contributed by atoms with Gasteiger partial charge in [0.15, 0.2) is 15.6 Å². The summed E-state index contributed by atoms with van der Waals surface area (Å²) in [7, 11) is -2.69. The number of hydrogen-bond acceptors (Lipinski definition) is 5. The van der Waals surface area contributed by atoms with Gasteiger partial charge in [-0.05, 0) is 41.8 Å². The third kappa shape index (κ3) is 4.94. The molecule has 0 aromatic heterocycles. The lowest BCUT2D eigenvalue weighted by Crippen LogP contribution is -2.30. The molecule has 1 amide bonds. The Morgan fingerprint density at radius 1 is 1.15 bits per heavy atom. The molecule has 6 nitrogen and oxygen atoms in total. The highest BCUT2D eigenvalue weighted by molar-refractivity contribution is 7.90. The van der Waals surface area contributed by atoms with Gasteiger partial charge >= 0.3 is 0 Å². The van der Waals surface area contributed by atoms with Crippen LogP contribution in [0.3, 0.4) is 0 Å². The molecule has 3 aromatic carbocycles. The zero-order chi connectivity index (χ0) is 24.5. The van der Waals surface area contributed by atoms with E-state index in [4.69, 9.17) is 16.3 Å². The monoisotopic (exact) mass is 503 g/mol. The van der Waals surface area contributed by atoms with Crippen molar-refractivity contribution in [2.75, 3.05) is 20.2 Å². The smallest absolute Gasteiger partial charge is 0.254 e. The summed E-state index contributed by atoms with van der Waals surface area (Å²) in [5.41, 5.74) is 1.42. The van der Waals surface area contributed by atoms with E-state index in [2.05, 4.69) is 0 Å². The van der Waals surface area contributed by atoms with E-state index in [-0.39, 0.29) is 22.3 Å². The zero-order valence-electron chi connectivity index (χ0n) is 18.4. The molecule has 0 spiro atoms. The Balaban J connectivity index is 1.67. The average Bonchev–Trinajstić information content (AvgIpc) is 3.31. The van der Waals surface area contributed by atoms with Crippen LogP contribution in [0.2, 0.25) is 5.02 Å². The molecule has 0 bridgehead atoms. The first kappa shape index (κ1) is 24.2. The minimum Gasteiger partial charge on any atom is -0.505 e. The number of ether oxygens (including phenoxy) is 1. The number of hydrogen-bond donors (Lipinski definition) is 1. The fourth-order valence-corrected chi connectivity index (χ4v) is 5.77. The lowest BCUT2D eigenvalue weighted by atomic mass is 10.0. The quantitative estimate of drug-likeness (QED) is 0.527. The molecule has 1 heterocycles. The van der Waals surface area contributed by atoms with E-state index in [1.54, 1.807) is 13.2 Å². The van der Waals surface area contributed by atoms with Gasteiger partial charge in [-0.1, -0.05) is 48.0 Å². The summed E-state index contributed by atoms with van der Waals surface area (Å²) in [4.78, 5) is 14.0. The van der Waals surface area contributed by atoms with E-state index in [0.29, 0.717) is 25.1 Å². The van der Waals surface area contributed by atoms with Crippen molar-refractivity contribution in [3.63, 3.8) is 0 Å². The Labute approximate surface area is 202 Å². The van der Waals surface area contributed by atoms with Crippen LogP contribution in [0.25, 0.3) is 11.1 Å². The number of rotatable bonds is 6. The SMILES string of the molecule is CO[C@H]1CCN(C(=O)c2cc(Cl)c(O)c(S(=O)(=O)Cc3cc(-c4ccccc4)ccc3F)c2)C1. The molecule has 0 unspecified atom stereocenters. The molecule has 1 N–H and O–H groups in total. The molecule has 178 valence electrons. The normalized spacial score (nSPS) is 16.1. The molecule has 9 heteroatoms. The molecule has 0 aliphatic carbocycles. The van der Waals surface area contributed by atoms with Crippen molar-refractivity contribution in [3.05, 3.63) is 82.6 Å². The van der Waals surface area contributed by atoms with E-state index in [9.17, 15) is 22.7 Å². The van der Waals surface area contributed by atoms with Crippen molar-refractivity contribution >= 4 is 27.3 Å². The highest BCUT2D eigenvalue weighted by Crippen LogP contribution is 2.35. The third-order valence-electron chi connectivity index (χ3n) is 5.87. The molecule has 0 saturated carbocycles. The molecular weight excluding hydrogens is 481 g/mol. The second-order valence-corrected chi connectivity index (χ2v) is 10.5. The van der Waals surface area contributed by atoms with Crippen LogP contribution in [-0.4, -0.2) is 50.6 Å². The second kappa shape index (κ2) is 9.74. The van der Waals surface area contributed by atoms with Crippen LogP contribution in [0.15, 0.2) is 65.6 Å². The van der Waals surface area contributed by atoms with Gasteiger partial charge in [0.25, 0.3) is 5.91 Å². The van der Waals surface area contributed by atoms with E-state index in [1.807, 2.05) is 30.3 Å². The van der Waals surface area contributed by atoms with Crippen molar-refractivity contribution in [3.8, 4) is 16.9 Å². The summed E-state index contributed by atoms with van der Waals surface area (Å²) in [5.74, 6) is -2.50. The van der Waals surface area contributed by atoms with Crippen LogP contribution < -0.4 is 0 Å². The van der Waals surface area contributed by atoms with Crippen molar-refractivity contribution in [1.82, 2.24) is 4.90 Å². The second-order valence-electron chi connectivity index (χ2n) is 8.13. The summed E-state index contributed by atoms with van der Waals surface area (Å²) in [5, 5.41) is 10.1. The van der Waals surface area contributed by atoms with Crippen LogP contribution in [0, 0.1) is 5.82 Å². The third-order valence-corrected chi connectivity index (χ3v) is 7.83. The van der Waals surface area contributed by atoms with Gasteiger partial charge in [0.05, 0.1) is 16.9 Å². The largest absolute Gasteiger partial charge is 0.505 e. The first-order valence-corrected chi connectivity index (χ1v) is 12.6. The molecule has 1 aliphatic rings. The van der Waals surface area contributed by atoms with Gasteiger partial charge in [-0.3, -0.25) is 4.79 Å². The fraction of sp³-hybridized carbons (Fsp3) is 0.240. The summed E-state index contributed by atoms with van der Waals surface area (Å²) in [6.45, 7) is 0.822. The number of amides is 1. The Morgan fingerprint density at radius 3 is 2.56 bits per heavy atom. The Hall–Kier alpha value is -2.94. The minimum atomic E-state index is -4.25. The van der Waals surface area contributed by atoms with Crippen LogP contribution in [-0.2, 0) is 20.3 Å². The number of phenols is 1. The summed E-state index contributed by atoms with van der Waals surface area (Å²) in [6.07, 6.45) is 0.565. The van der Waals surface area contributed by atoms with Crippen LogP contribution in [0.5, 0.6) is 5.75 Å². The first-order valence-electron chi connectivity index (χ1n) is 10.6. The minimum absolute atomic E-state index is 0.0247. The molecule has 4 rings (SSSR count). The predicted molar refractivity (Wildman–Crippen MR) is 127 cm³/mol. The Kier molecular flexibility index (Phi) is 6.93. The van der Waals surface area contributed by atoms with Gasteiger partial charge in [-0.15, -0.1) is 0 Å². The van der Waals surface area contributed by atoms with E-state index >= 15 is 0 Å². The van der Waals surface area contributed by atoms with Crippen molar-refractivity contribution < 1.29 is 27.4 Å². The number of benzene rings is 3. The maximum atomic E-state index is 14.6. The standard InChI is InChI=1S/C25H23ClFNO5S/c1-33-20-9-10-28(14-20)25(30)18-12-21(26)24(29)23(13-18)34(31,32)15-19-11-17(7-8-22(19)27)16-5-3-2-4-6-16/h2-8,11-13,20,29H,9-10,14-15H2,1H3/t20-/m0/s1. The van der Waals surface area contributed by atoms with E-state index in [1.165, 1.54) is 23.1 Å². The topological polar surface area (TPSA) is 83.9 Å². The van der Waals surface area contributed by atoms with Gasteiger partial charge < -0.3 is 14.7 Å². The van der Waals surface area contributed by atoms with Gasteiger partial charge in [-0.25, -0.2) is 12.8 Å². The number of phenolic OH excluding ortho intramolecular Hbond substituents is 1. The van der Waals surface area contributed by atoms with Crippen LogP contribution >= 0.6 is 11.6 Å². The zero-order valence-corrected chi connectivity index (χ0v) is 19.9. The lowest BCUT2D eigenvalue weighted by molar-refractivity contribution is 0.0724. The molecular formula is C25H23ClFNO5S. The van der Waals surface area contributed by atoms with Gasteiger partial charge in [-0.2, -0.15) is 0 Å². The van der Waals surface area contributed by atoms with Crippen LogP contribution in [0.1, 0.15) is 22.3 Å². The maximum absolute atomic E-state index is 14.6. The van der Waals surface area contributed by atoms with Gasteiger partial charge in [0.2, 0.25) is 0 Å². The lowest BCUT2D eigenvalue weighted by Gasteiger charge is -2.18. The number of methoxy groups -OCH3 is 1. The number of carbonyl (C=O) groups excluding carboxylic acids is 1. The number of sulfone groups is 1. The van der Waals surface area contributed by atoms with Crippen LogP contribution in [0.4, 0.5) is 4.39 Å². The van der Waals surface area contributed by atoms with E-state index in [0.717, 1.165) is 11.6 Å². The van der Waals surface area contributed by atoms with Gasteiger partial charge in [0, 0.05) is 31.3 Å². The molecule has 1 fully saturated rings. The van der Waals surface area contributed by atoms with Gasteiger partial charge in [0.1, 0.15) is 10.7 Å². The van der Waals surface area contributed by atoms with E-state index < -0.39 is 38.0 Å². The summed E-state index contributed by atoms with van der Waals surface area (Å²) < 4.78 is 46.3. The molecule has 0 radical (unpaired) electrons. The number of likely N-dealkylation sites (tertiary alicyclic amines) is 1. The molecule has 3 aromatic rings. The molecule has 1 aliphatic heterocycles. The number of halogens is 2. The summed E-state index contributed by atoms with van der Waals surface area (Å²) >= 11 is 6.09. The molecule has 34 heavy (non-hydrogen) atoms. The highest BCUT2D eigenvalue weighted by Gasteiger charge is 2.30. The fourth-order valence-electron chi connectivity index (χ4n) is 4.00.